The molecule has 4 fully saturated rings. The molecule has 1 aromatic rings. The SMILES string of the molecule is CCN1C(=O)N(CC)[C@]2(CC[C@@]3(O)[C@@H]4N(CCN(C)C)CC45C[C@@]3(C2)c2cc(OC)ccc25)C1=O. The monoisotopic (exact) mass is 482 g/mol. The second-order valence-electron chi connectivity index (χ2n) is 11.7. The molecule has 8 heteroatoms. The van der Waals surface area contributed by atoms with E-state index < -0.39 is 16.6 Å². The molecule has 8 nitrogen and oxygen atoms in total. The Morgan fingerprint density at radius 1 is 1.11 bits per heavy atom. The van der Waals surface area contributed by atoms with Crippen LogP contribution in [0.1, 0.15) is 50.7 Å². The number of rotatable bonds is 6. The number of likely N-dealkylation sites (N-methyl/N-ethyl adjacent to an activating group) is 3. The second kappa shape index (κ2) is 7.20. The molecule has 6 rings (SSSR count). The van der Waals surface area contributed by atoms with Crippen LogP contribution in [0, 0.1) is 0 Å². The summed E-state index contributed by atoms with van der Waals surface area (Å²) in [6.07, 6.45) is 2.33. The van der Waals surface area contributed by atoms with Crippen molar-refractivity contribution >= 4 is 11.9 Å². The Morgan fingerprint density at radius 2 is 1.89 bits per heavy atom. The van der Waals surface area contributed by atoms with E-state index in [1.165, 1.54) is 10.5 Å². The highest BCUT2D eigenvalue weighted by atomic mass is 16.5. The molecule has 2 heterocycles. The summed E-state index contributed by atoms with van der Waals surface area (Å²) < 4.78 is 5.61. The lowest BCUT2D eigenvalue weighted by atomic mass is 9.52. The number of methoxy groups -OCH3 is 1. The number of urea groups is 1. The standard InChI is InChI=1S/C27H38N4O4/c1-6-30-22(32)26(31(7-2)23(30)33)10-11-27(34)21-24(17-29(21)13-12-28(3)4)15-25(27,16-26)20-14-18(35-5)8-9-19(20)24/h8-9,14,21,34H,6-7,10-13,15-17H2,1-5H3/t21-,24?,25-,26+,27-/m1/s1. The first-order valence-electron chi connectivity index (χ1n) is 13.1. The van der Waals surface area contributed by atoms with Crippen LogP contribution < -0.4 is 4.74 Å². The van der Waals surface area contributed by atoms with E-state index in [0.717, 1.165) is 37.4 Å². The molecule has 3 amide bonds. The highest BCUT2D eigenvalue weighted by molar-refractivity contribution is 6.07. The van der Waals surface area contributed by atoms with Gasteiger partial charge in [-0.05, 0) is 76.9 Å². The number of hydrogen-bond donors (Lipinski definition) is 1. The lowest BCUT2D eigenvalue weighted by molar-refractivity contribution is -0.167. The number of carbonyl (C=O) groups excluding carboxylic acids is 2. The molecule has 2 aliphatic heterocycles. The lowest BCUT2D eigenvalue weighted by Gasteiger charge is -2.64. The summed E-state index contributed by atoms with van der Waals surface area (Å²) in [5, 5.41) is 12.7. The van der Waals surface area contributed by atoms with Gasteiger partial charge in [0.2, 0.25) is 0 Å². The van der Waals surface area contributed by atoms with Gasteiger partial charge in [-0.2, -0.15) is 0 Å². The molecule has 1 N–H and O–H groups in total. The van der Waals surface area contributed by atoms with Gasteiger partial charge in [0.1, 0.15) is 11.3 Å². The van der Waals surface area contributed by atoms with Crippen molar-refractivity contribution in [2.75, 3.05) is 53.9 Å². The molecule has 1 unspecified atom stereocenters. The van der Waals surface area contributed by atoms with Crippen LogP contribution in [0.25, 0.3) is 0 Å². The third-order valence-corrected chi connectivity index (χ3v) is 10.2. The van der Waals surface area contributed by atoms with Gasteiger partial charge in [0.15, 0.2) is 0 Å². The second-order valence-corrected chi connectivity index (χ2v) is 11.7. The van der Waals surface area contributed by atoms with Crippen LogP contribution in [0.4, 0.5) is 4.79 Å². The number of ether oxygens (including phenoxy) is 1. The van der Waals surface area contributed by atoms with Crippen LogP contribution in [0.15, 0.2) is 18.2 Å². The highest BCUT2D eigenvalue weighted by Gasteiger charge is 2.83. The van der Waals surface area contributed by atoms with Crippen molar-refractivity contribution in [2.24, 2.45) is 0 Å². The fourth-order valence-electron chi connectivity index (χ4n) is 8.90. The normalized spacial score (nSPS) is 39.3. The van der Waals surface area contributed by atoms with Crippen LogP contribution in [0.3, 0.4) is 0 Å². The third kappa shape index (κ3) is 2.48. The molecule has 5 atom stereocenters. The summed E-state index contributed by atoms with van der Waals surface area (Å²) in [5.74, 6) is 0.693. The zero-order valence-electron chi connectivity index (χ0n) is 21.6. The first-order chi connectivity index (χ1) is 16.6. The molecule has 3 spiro atoms. The van der Waals surface area contributed by atoms with Crippen LogP contribution in [-0.2, 0) is 15.6 Å². The van der Waals surface area contributed by atoms with E-state index in [9.17, 15) is 14.7 Å². The van der Waals surface area contributed by atoms with Crippen molar-refractivity contribution in [1.29, 1.82) is 0 Å². The lowest BCUT2D eigenvalue weighted by Crippen LogP contribution is -2.76. The number of benzene rings is 1. The van der Waals surface area contributed by atoms with Crippen LogP contribution in [-0.4, -0.2) is 108 Å². The van der Waals surface area contributed by atoms with Crippen LogP contribution >= 0.6 is 0 Å². The number of hydrogen-bond acceptors (Lipinski definition) is 6. The van der Waals surface area contributed by atoms with Gasteiger partial charge < -0.3 is 19.6 Å². The highest BCUT2D eigenvalue weighted by Crippen LogP contribution is 2.75. The molecular weight excluding hydrogens is 444 g/mol. The van der Waals surface area contributed by atoms with Gasteiger partial charge in [-0.3, -0.25) is 14.6 Å². The quantitative estimate of drug-likeness (QED) is 0.623. The Labute approximate surface area is 207 Å². The number of aliphatic hydroxyl groups is 1. The van der Waals surface area contributed by atoms with Crippen molar-refractivity contribution in [3.63, 3.8) is 0 Å². The number of fused-ring (bicyclic) bond motifs is 2. The van der Waals surface area contributed by atoms with Crippen molar-refractivity contribution in [2.45, 2.75) is 67.5 Å². The number of imide groups is 1. The average molecular weight is 483 g/mol. The van der Waals surface area contributed by atoms with Crippen molar-refractivity contribution in [3.05, 3.63) is 29.3 Å². The minimum absolute atomic E-state index is 0.0396. The zero-order valence-corrected chi connectivity index (χ0v) is 21.6. The first kappa shape index (κ1) is 23.3. The minimum atomic E-state index is -0.940. The molecule has 35 heavy (non-hydrogen) atoms. The predicted molar refractivity (Wildman–Crippen MR) is 132 cm³/mol. The summed E-state index contributed by atoms with van der Waals surface area (Å²) >= 11 is 0. The largest absolute Gasteiger partial charge is 0.497 e. The molecule has 5 aliphatic rings. The first-order valence-corrected chi connectivity index (χ1v) is 13.1. The van der Waals surface area contributed by atoms with Crippen molar-refractivity contribution < 1.29 is 19.4 Å². The Bertz CT molecular complexity index is 1110. The summed E-state index contributed by atoms with van der Waals surface area (Å²) in [6, 6.07) is 6.18. The number of likely N-dealkylation sites (tertiary alicyclic amines) is 1. The van der Waals surface area contributed by atoms with E-state index >= 15 is 0 Å². The van der Waals surface area contributed by atoms with Gasteiger partial charge in [0.25, 0.3) is 5.91 Å². The van der Waals surface area contributed by atoms with E-state index in [1.807, 2.05) is 19.9 Å². The summed E-state index contributed by atoms with van der Waals surface area (Å²) in [6.45, 7) is 7.47. The minimum Gasteiger partial charge on any atom is -0.497 e. The smallest absolute Gasteiger partial charge is 0.327 e. The Kier molecular flexibility index (Phi) is 4.79. The molecule has 0 aromatic heterocycles. The van der Waals surface area contributed by atoms with Gasteiger partial charge in [-0.1, -0.05) is 6.07 Å². The van der Waals surface area contributed by atoms with Crippen molar-refractivity contribution in [3.8, 4) is 5.75 Å². The fraction of sp³-hybridized carbons (Fsp3) is 0.704. The molecule has 3 aliphatic carbocycles. The molecule has 2 saturated carbocycles. The Hall–Kier alpha value is -2.16. The zero-order chi connectivity index (χ0) is 25.0. The third-order valence-electron chi connectivity index (χ3n) is 10.2. The predicted octanol–water partition coefficient (Wildman–Crippen LogP) is 1.79. The molecule has 0 radical (unpaired) electrons. The maximum Gasteiger partial charge on any atom is 0.327 e. The maximum absolute atomic E-state index is 13.9. The summed E-state index contributed by atoms with van der Waals surface area (Å²) in [5.41, 5.74) is -0.0874. The van der Waals surface area contributed by atoms with Gasteiger partial charge in [-0.25, -0.2) is 4.79 Å². The average Bonchev–Trinajstić information content (AvgIpc) is 3.28. The maximum atomic E-state index is 13.9. The van der Waals surface area contributed by atoms with Gasteiger partial charge >= 0.3 is 6.03 Å². The molecule has 190 valence electrons. The Balaban J connectivity index is 1.50. The molecule has 2 bridgehead atoms. The topological polar surface area (TPSA) is 76.6 Å². The van der Waals surface area contributed by atoms with Crippen LogP contribution in [0.2, 0.25) is 0 Å². The van der Waals surface area contributed by atoms with Gasteiger partial charge in [-0.15, -0.1) is 0 Å². The Morgan fingerprint density at radius 3 is 2.54 bits per heavy atom. The van der Waals surface area contributed by atoms with E-state index in [4.69, 9.17) is 4.74 Å². The summed E-state index contributed by atoms with van der Waals surface area (Å²) in [4.78, 5) is 35.0. The fourth-order valence-corrected chi connectivity index (χ4v) is 8.90. The number of nitrogens with zero attached hydrogens (tertiary/aromatic N) is 4. The molecular formula is C27H38N4O4. The number of amides is 3. The molecule has 2 saturated heterocycles. The van der Waals surface area contributed by atoms with E-state index in [-0.39, 0.29) is 23.4 Å². The van der Waals surface area contributed by atoms with Crippen LogP contribution in [0.5, 0.6) is 5.75 Å². The molecule has 1 aromatic carbocycles. The van der Waals surface area contributed by atoms with Crippen molar-refractivity contribution in [1.82, 2.24) is 19.6 Å². The van der Waals surface area contributed by atoms with Gasteiger partial charge in [0, 0.05) is 43.6 Å². The number of carbonyl (C=O) groups is 2. The van der Waals surface area contributed by atoms with E-state index in [0.29, 0.717) is 32.4 Å². The summed E-state index contributed by atoms with van der Waals surface area (Å²) in [7, 11) is 5.84. The van der Waals surface area contributed by atoms with Gasteiger partial charge in [0.05, 0.1) is 18.8 Å². The van der Waals surface area contributed by atoms with E-state index in [1.54, 1.807) is 12.0 Å². The van der Waals surface area contributed by atoms with E-state index in [2.05, 4.69) is 36.0 Å².